The number of aryl methyl sites for hydroxylation is 1. The topological polar surface area (TPSA) is 52.6 Å². The molecule has 2 aromatic rings. The Balaban J connectivity index is 1.53. The average molecular weight is 372 g/mol. The first-order valence-corrected chi connectivity index (χ1v) is 10.3. The third-order valence-corrected chi connectivity index (χ3v) is 5.65. The number of nitrogens with one attached hydrogen (secondary N) is 2. The fourth-order valence-electron chi connectivity index (χ4n) is 3.20. The quantitative estimate of drug-likeness (QED) is 0.622. The van der Waals surface area contributed by atoms with Gasteiger partial charge in [0.15, 0.2) is 5.96 Å². The zero-order valence-corrected chi connectivity index (χ0v) is 16.6. The second-order valence-electron chi connectivity index (χ2n) is 6.72. The summed E-state index contributed by atoms with van der Waals surface area (Å²) in [6, 6.07) is 8.59. The summed E-state index contributed by atoms with van der Waals surface area (Å²) in [5, 5.41) is 6.78. The molecule has 5 nitrogen and oxygen atoms in total. The van der Waals surface area contributed by atoms with E-state index in [9.17, 15) is 0 Å². The molecule has 1 fully saturated rings. The van der Waals surface area contributed by atoms with Gasteiger partial charge in [-0.2, -0.15) is 0 Å². The van der Waals surface area contributed by atoms with Crippen LogP contribution in [0.2, 0.25) is 0 Å². The van der Waals surface area contributed by atoms with Crippen LogP contribution in [0.1, 0.15) is 41.0 Å². The van der Waals surface area contributed by atoms with E-state index in [0.29, 0.717) is 0 Å². The van der Waals surface area contributed by atoms with Gasteiger partial charge in [0, 0.05) is 42.6 Å². The van der Waals surface area contributed by atoms with Gasteiger partial charge >= 0.3 is 0 Å². The first kappa shape index (κ1) is 18.7. The molecule has 0 radical (unpaired) electrons. The van der Waals surface area contributed by atoms with Gasteiger partial charge in [0.2, 0.25) is 0 Å². The second-order valence-corrected chi connectivity index (χ2v) is 8.09. The number of nitrogens with zero attached hydrogens (tertiary/aromatic N) is 3. The van der Waals surface area contributed by atoms with E-state index in [-0.39, 0.29) is 0 Å². The fourth-order valence-corrected chi connectivity index (χ4v) is 4.03. The highest BCUT2D eigenvalue weighted by Crippen LogP contribution is 2.18. The molecule has 0 unspecified atom stereocenters. The number of pyridine rings is 1. The molecule has 0 saturated carbocycles. The van der Waals surface area contributed by atoms with Crippen LogP contribution in [0.4, 0.5) is 5.82 Å². The van der Waals surface area contributed by atoms with Crippen LogP contribution < -0.4 is 15.5 Å². The first-order chi connectivity index (χ1) is 12.7. The Bertz CT molecular complexity index is 716. The maximum absolute atomic E-state index is 4.58. The lowest BCUT2D eigenvalue weighted by Gasteiger charge is -2.22. The zero-order valence-electron chi connectivity index (χ0n) is 15.8. The van der Waals surface area contributed by atoms with Crippen molar-refractivity contribution in [2.45, 2.75) is 45.7 Å². The maximum atomic E-state index is 4.58. The highest BCUT2D eigenvalue weighted by Gasteiger charge is 2.11. The predicted octanol–water partition coefficient (Wildman–Crippen LogP) is 3.70. The Morgan fingerprint density at radius 3 is 2.58 bits per heavy atom. The Morgan fingerprint density at radius 2 is 1.88 bits per heavy atom. The molecular weight excluding hydrogens is 342 g/mol. The molecule has 1 saturated heterocycles. The van der Waals surface area contributed by atoms with Crippen molar-refractivity contribution in [2.75, 3.05) is 25.0 Å². The lowest BCUT2D eigenvalue weighted by molar-refractivity contribution is 0.726. The number of hydrogen-bond donors (Lipinski definition) is 2. The van der Waals surface area contributed by atoms with Gasteiger partial charge in [0.1, 0.15) is 5.82 Å². The Morgan fingerprint density at radius 1 is 1.12 bits per heavy atom. The van der Waals surface area contributed by atoms with Crippen molar-refractivity contribution in [3.63, 3.8) is 0 Å². The maximum Gasteiger partial charge on any atom is 0.191 e. The van der Waals surface area contributed by atoms with Crippen LogP contribution in [-0.4, -0.2) is 31.1 Å². The van der Waals surface area contributed by atoms with Crippen LogP contribution in [0.15, 0.2) is 35.5 Å². The van der Waals surface area contributed by atoms with Crippen molar-refractivity contribution in [3.05, 3.63) is 45.8 Å². The van der Waals surface area contributed by atoms with Crippen LogP contribution in [-0.2, 0) is 13.1 Å². The van der Waals surface area contributed by atoms with Gasteiger partial charge < -0.3 is 15.5 Å². The average Bonchev–Trinajstić information content (AvgIpc) is 2.91. The first-order valence-electron chi connectivity index (χ1n) is 9.44. The van der Waals surface area contributed by atoms with Gasteiger partial charge in [0.25, 0.3) is 0 Å². The molecule has 3 rings (SSSR count). The number of aliphatic imine (C=N–C) groups is 1. The minimum absolute atomic E-state index is 0.743. The van der Waals surface area contributed by atoms with Gasteiger partial charge in [0.05, 0.1) is 6.54 Å². The zero-order chi connectivity index (χ0) is 18.2. The minimum atomic E-state index is 0.743. The van der Waals surface area contributed by atoms with E-state index in [1.54, 1.807) is 0 Å². The van der Waals surface area contributed by atoms with Gasteiger partial charge in [-0.25, -0.2) is 4.98 Å². The molecular formula is C20H29N5S. The minimum Gasteiger partial charge on any atom is -0.357 e. The summed E-state index contributed by atoms with van der Waals surface area (Å²) < 4.78 is 0. The summed E-state index contributed by atoms with van der Waals surface area (Å²) in [4.78, 5) is 14.0. The number of thiophene rings is 1. The van der Waals surface area contributed by atoms with Crippen LogP contribution >= 0.6 is 11.3 Å². The standard InChI is InChI=1S/C20H29N5S/c1-16-7-8-18(26-16)15-24-20(21-2)23-14-17-9-10-22-19(13-17)25-11-5-3-4-6-12-25/h7-10,13H,3-6,11-12,14-15H2,1-2H3,(H2,21,23,24). The number of hydrogen-bond acceptors (Lipinski definition) is 4. The summed E-state index contributed by atoms with van der Waals surface area (Å²) in [5.74, 6) is 1.92. The van der Waals surface area contributed by atoms with Crippen molar-refractivity contribution >= 4 is 23.1 Å². The van der Waals surface area contributed by atoms with E-state index in [1.165, 1.54) is 41.0 Å². The lowest BCUT2D eigenvalue weighted by Crippen LogP contribution is -2.36. The highest BCUT2D eigenvalue weighted by atomic mass is 32.1. The molecule has 1 aliphatic heterocycles. The summed E-state index contributed by atoms with van der Waals surface area (Å²) >= 11 is 1.82. The van der Waals surface area contributed by atoms with E-state index >= 15 is 0 Å². The second kappa shape index (κ2) is 9.57. The van der Waals surface area contributed by atoms with E-state index in [4.69, 9.17) is 0 Å². The SMILES string of the molecule is CN=C(NCc1ccnc(N2CCCCCC2)c1)NCc1ccc(C)s1. The van der Waals surface area contributed by atoms with Crippen molar-refractivity contribution in [1.29, 1.82) is 0 Å². The molecule has 0 spiro atoms. The normalized spacial score (nSPS) is 15.6. The third kappa shape index (κ3) is 5.46. The molecule has 3 heterocycles. The summed E-state index contributed by atoms with van der Waals surface area (Å²) in [5.41, 5.74) is 1.23. The van der Waals surface area contributed by atoms with Crippen molar-refractivity contribution in [1.82, 2.24) is 15.6 Å². The van der Waals surface area contributed by atoms with E-state index in [0.717, 1.165) is 38.0 Å². The molecule has 26 heavy (non-hydrogen) atoms. The molecule has 0 atom stereocenters. The Kier molecular flexibility index (Phi) is 6.89. The summed E-state index contributed by atoms with van der Waals surface area (Å²) in [6.45, 7) is 5.91. The van der Waals surface area contributed by atoms with Crippen LogP contribution in [0.5, 0.6) is 0 Å². The molecule has 140 valence electrons. The van der Waals surface area contributed by atoms with Crippen molar-refractivity contribution in [3.8, 4) is 0 Å². The molecule has 2 aromatic heterocycles. The molecule has 6 heteroatoms. The van der Waals surface area contributed by atoms with Gasteiger partial charge in [-0.3, -0.25) is 4.99 Å². The summed E-state index contributed by atoms with van der Waals surface area (Å²) in [7, 11) is 1.81. The van der Waals surface area contributed by atoms with E-state index in [2.05, 4.69) is 56.7 Å². The van der Waals surface area contributed by atoms with E-state index < -0.39 is 0 Å². The number of guanidine groups is 1. The fraction of sp³-hybridized carbons (Fsp3) is 0.500. The van der Waals surface area contributed by atoms with Crippen molar-refractivity contribution < 1.29 is 0 Å². The van der Waals surface area contributed by atoms with Gasteiger partial charge in [-0.1, -0.05) is 12.8 Å². The summed E-state index contributed by atoms with van der Waals surface area (Å²) in [6.07, 6.45) is 7.13. The smallest absolute Gasteiger partial charge is 0.191 e. The molecule has 0 bridgehead atoms. The molecule has 0 aliphatic carbocycles. The van der Waals surface area contributed by atoms with Gasteiger partial charge in [-0.05, 0) is 49.6 Å². The van der Waals surface area contributed by atoms with E-state index in [1.807, 2.05) is 24.6 Å². The van der Waals surface area contributed by atoms with Crippen LogP contribution in [0, 0.1) is 6.92 Å². The molecule has 0 aromatic carbocycles. The number of rotatable bonds is 5. The highest BCUT2D eigenvalue weighted by molar-refractivity contribution is 7.11. The molecule has 1 aliphatic rings. The van der Waals surface area contributed by atoms with Crippen LogP contribution in [0.3, 0.4) is 0 Å². The van der Waals surface area contributed by atoms with Crippen LogP contribution in [0.25, 0.3) is 0 Å². The lowest BCUT2D eigenvalue weighted by atomic mass is 10.2. The largest absolute Gasteiger partial charge is 0.357 e. The van der Waals surface area contributed by atoms with Gasteiger partial charge in [-0.15, -0.1) is 11.3 Å². The Hall–Kier alpha value is -2.08. The monoisotopic (exact) mass is 371 g/mol. The third-order valence-electron chi connectivity index (χ3n) is 4.65. The molecule has 2 N–H and O–H groups in total. The Labute approximate surface area is 160 Å². The predicted molar refractivity (Wildman–Crippen MR) is 111 cm³/mol. The number of aromatic nitrogens is 1. The molecule has 0 amide bonds. The van der Waals surface area contributed by atoms with Crippen molar-refractivity contribution in [2.24, 2.45) is 4.99 Å². The number of anilines is 1.